The van der Waals surface area contributed by atoms with E-state index in [9.17, 15) is 4.79 Å². The van der Waals surface area contributed by atoms with Crippen LogP contribution in [0.25, 0.3) is 0 Å². The Hall–Kier alpha value is -1.03. The molecule has 0 spiro atoms. The van der Waals surface area contributed by atoms with Crippen LogP contribution in [0.15, 0.2) is 12.7 Å². The van der Waals surface area contributed by atoms with Gasteiger partial charge in [0.2, 0.25) is 0 Å². The molecule has 0 aromatic rings. The van der Waals surface area contributed by atoms with Gasteiger partial charge in [0.05, 0.1) is 0 Å². The van der Waals surface area contributed by atoms with Crippen molar-refractivity contribution in [3.63, 3.8) is 0 Å². The van der Waals surface area contributed by atoms with Crippen LogP contribution in [0.1, 0.15) is 0 Å². The van der Waals surface area contributed by atoms with Gasteiger partial charge in [0, 0.05) is 14.2 Å². The Bertz CT molecular complexity index is 93.0. The molecule has 0 aromatic carbocycles. The minimum Gasteiger partial charge on any atom is -0.445 e. The zero-order chi connectivity index (χ0) is 8.41. The van der Waals surface area contributed by atoms with Crippen LogP contribution >= 0.6 is 0 Å². The van der Waals surface area contributed by atoms with Gasteiger partial charge >= 0.3 is 6.09 Å². The predicted molar refractivity (Wildman–Crippen MR) is 38.7 cm³/mol. The quantitative estimate of drug-likeness (QED) is 0.579. The van der Waals surface area contributed by atoms with Gasteiger partial charge in [0.25, 0.3) is 0 Å². The third kappa shape index (κ3) is 28.2. The number of amides is 1. The van der Waals surface area contributed by atoms with Crippen molar-refractivity contribution in [2.45, 2.75) is 0 Å². The van der Waals surface area contributed by atoms with Crippen LogP contribution in [0.3, 0.4) is 0 Å². The van der Waals surface area contributed by atoms with Gasteiger partial charge in [-0.15, -0.1) is 0 Å². The third-order valence-corrected chi connectivity index (χ3v) is 0.343. The van der Waals surface area contributed by atoms with E-state index in [0.717, 1.165) is 0 Å². The lowest BCUT2D eigenvalue weighted by Gasteiger charge is -1.90. The lowest BCUT2D eigenvalue weighted by molar-refractivity contribution is 0.169. The number of nitrogens with two attached hydrogens (primary N) is 1. The van der Waals surface area contributed by atoms with E-state index in [1.54, 1.807) is 14.2 Å². The number of methoxy groups -OCH3 is 1. The van der Waals surface area contributed by atoms with E-state index in [4.69, 9.17) is 0 Å². The predicted octanol–water partition coefficient (Wildman–Crippen LogP) is 0.530. The smallest absolute Gasteiger partial charge is 0.404 e. The first kappa shape index (κ1) is 11.7. The maximum atomic E-state index is 9.71. The number of carbonyl (C=O) groups is 1. The van der Waals surface area contributed by atoms with Crippen LogP contribution < -0.4 is 5.73 Å². The molecule has 0 fully saturated rings. The van der Waals surface area contributed by atoms with E-state index in [2.05, 4.69) is 21.8 Å². The zero-order valence-corrected chi connectivity index (χ0v) is 6.29. The molecule has 0 heterocycles. The average molecular weight is 147 g/mol. The van der Waals surface area contributed by atoms with Crippen LogP contribution in [0.5, 0.6) is 0 Å². The second-order valence-electron chi connectivity index (χ2n) is 1.33. The zero-order valence-electron chi connectivity index (χ0n) is 6.29. The summed E-state index contributed by atoms with van der Waals surface area (Å²) in [6.45, 7) is 3.49. The molecule has 0 aliphatic rings. The molecule has 60 valence electrons. The van der Waals surface area contributed by atoms with Gasteiger partial charge < -0.3 is 15.2 Å². The van der Waals surface area contributed by atoms with Gasteiger partial charge in [-0.1, -0.05) is 12.7 Å². The molecule has 0 aromatic heterocycles. The summed E-state index contributed by atoms with van der Waals surface area (Å²) >= 11 is 0. The van der Waals surface area contributed by atoms with Crippen molar-refractivity contribution < 1.29 is 14.3 Å². The van der Waals surface area contributed by atoms with Crippen LogP contribution in [-0.2, 0) is 9.47 Å². The molecule has 0 bridgehead atoms. The van der Waals surface area contributed by atoms with Gasteiger partial charge in [-0.2, -0.15) is 0 Å². The molecule has 0 saturated carbocycles. The Morgan fingerprint density at radius 3 is 2.20 bits per heavy atom. The Balaban J connectivity index is 0. The lowest BCUT2D eigenvalue weighted by Crippen LogP contribution is -2.12. The second-order valence-corrected chi connectivity index (χ2v) is 1.33. The highest BCUT2D eigenvalue weighted by molar-refractivity contribution is 5.64. The standard InChI is InChI=1S/C4H7NO2.C2H6O/c1-2-3-7-4(5)6;1-3-2/h2H,1,3H2,(H2,5,6);1-2H3. The third-order valence-electron chi connectivity index (χ3n) is 0.343. The summed E-state index contributed by atoms with van der Waals surface area (Å²) in [7, 11) is 3.25. The fourth-order valence-electron chi connectivity index (χ4n) is 0.141. The summed E-state index contributed by atoms with van der Waals surface area (Å²) in [6.07, 6.45) is 0.685. The van der Waals surface area contributed by atoms with Crippen molar-refractivity contribution in [3.8, 4) is 0 Å². The lowest BCUT2D eigenvalue weighted by atomic mass is 10.7. The fourth-order valence-corrected chi connectivity index (χ4v) is 0.141. The number of ether oxygens (including phenoxy) is 2. The molecule has 0 aliphatic carbocycles. The van der Waals surface area contributed by atoms with E-state index in [0.29, 0.717) is 0 Å². The SMILES string of the molecule is C=CCOC(N)=O.COC. The minimum absolute atomic E-state index is 0.190. The number of carbonyl (C=O) groups excluding carboxylic acids is 1. The molecule has 0 rings (SSSR count). The molecule has 0 saturated heterocycles. The van der Waals surface area contributed by atoms with E-state index in [1.165, 1.54) is 6.08 Å². The van der Waals surface area contributed by atoms with E-state index >= 15 is 0 Å². The summed E-state index contributed by atoms with van der Waals surface area (Å²) < 4.78 is 8.46. The molecule has 0 aliphatic heterocycles. The average Bonchev–Trinajstić information content (AvgIpc) is 1.85. The molecule has 0 atom stereocenters. The highest BCUT2D eigenvalue weighted by atomic mass is 16.5. The van der Waals surface area contributed by atoms with Gasteiger partial charge in [-0.25, -0.2) is 4.79 Å². The fraction of sp³-hybridized carbons (Fsp3) is 0.500. The molecule has 2 N–H and O–H groups in total. The van der Waals surface area contributed by atoms with Crippen LogP contribution in [0, 0.1) is 0 Å². The van der Waals surface area contributed by atoms with E-state index in [1.807, 2.05) is 0 Å². The number of hydrogen-bond acceptors (Lipinski definition) is 3. The monoisotopic (exact) mass is 147 g/mol. The first-order chi connectivity index (χ1) is 4.68. The molecule has 4 heteroatoms. The molecule has 0 radical (unpaired) electrons. The van der Waals surface area contributed by atoms with E-state index < -0.39 is 6.09 Å². The molecular weight excluding hydrogens is 134 g/mol. The van der Waals surface area contributed by atoms with Crippen LogP contribution in [-0.4, -0.2) is 26.9 Å². The van der Waals surface area contributed by atoms with Gasteiger partial charge in [0.15, 0.2) is 0 Å². The second kappa shape index (κ2) is 10.9. The highest BCUT2D eigenvalue weighted by Gasteiger charge is 1.84. The Morgan fingerprint density at radius 2 is 2.10 bits per heavy atom. The summed E-state index contributed by atoms with van der Waals surface area (Å²) in [4.78, 5) is 9.71. The van der Waals surface area contributed by atoms with Crippen molar-refractivity contribution in [1.29, 1.82) is 0 Å². The topological polar surface area (TPSA) is 61.5 Å². The maximum absolute atomic E-state index is 9.71. The van der Waals surface area contributed by atoms with Crippen molar-refractivity contribution in [2.24, 2.45) is 5.73 Å². The van der Waals surface area contributed by atoms with Gasteiger partial charge in [-0.05, 0) is 0 Å². The van der Waals surface area contributed by atoms with Crippen molar-refractivity contribution in [3.05, 3.63) is 12.7 Å². The first-order valence-corrected chi connectivity index (χ1v) is 2.62. The Labute approximate surface area is 60.6 Å². The van der Waals surface area contributed by atoms with Gasteiger partial charge in [0.1, 0.15) is 6.61 Å². The van der Waals surface area contributed by atoms with Crippen LogP contribution in [0.2, 0.25) is 0 Å². The summed E-state index contributed by atoms with van der Waals surface area (Å²) in [6, 6.07) is 0. The molecule has 1 amide bonds. The Kier molecular flexibility index (Phi) is 12.7. The van der Waals surface area contributed by atoms with Crippen molar-refractivity contribution in [2.75, 3.05) is 20.8 Å². The number of rotatable bonds is 2. The number of hydrogen-bond donors (Lipinski definition) is 1. The van der Waals surface area contributed by atoms with Crippen molar-refractivity contribution in [1.82, 2.24) is 0 Å². The van der Waals surface area contributed by atoms with Crippen LogP contribution in [0.4, 0.5) is 4.79 Å². The normalized spacial score (nSPS) is 7.00. The minimum atomic E-state index is -0.764. The van der Waals surface area contributed by atoms with Crippen molar-refractivity contribution >= 4 is 6.09 Å². The molecule has 0 unspecified atom stereocenters. The summed E-state index contributed by atoms with van der Waals surface area (Å²) in [5.74, 6) is 0. The molecule has 10 heavy (non-hydrogen) atoms. The summed E-state index contributed by atoms with van der Waals surface area (Å²) in [5, 5.41) is 0. The Morgan fingerprint density at radius 1 is 1.70 bits per heavy atom. The summed E-state index contributed by atoms with van der Waals surface area (Å²) in [5.41, 5.74) is 4.57. The van der Waals surface area contributed by atoms with Gasteiger partial charge in [-0.3, -0.25) is 0 Å². The molecular formula is C6H13NO3. The number of primary amides is 1. The largest absolute Gasteiger partial charge is 0.445 e. The first-order valence-electron chi connectivity index (χ1n) is 2.62. The van der Waals surface area contributed by atoms with E-state index in [-0.39, 0.29) is 6.61 Å². The molecule has 4 nitrogen and oxygen atoms in total. The maximum Gasteiger partial charge on any atom is 0.404 e. The highest BCUT2D eigenvalue weighted by Crippen LogP contribution is 1.70.